The van der Waals surface area contributed by atoms with Gasteiger partial charge in [0.1, 0.15) is 12.0 Å². The van der Waals surface area contributed by atoms with Crippen LogP contribution in [0.3, 0.4) is 0 Å². The predicted molar refractivity (Wildman–Crippen MR) is 70.5 cm³/mol. The lowest BCUT2D eigenvalue weighted by Gasteiger charge is -2.20. The number of aromatic nitrogens is 2. The van der Waals surface area contributed by atoms with Crippen LogP contribution in [-0.2, 0) is 9.53 Å². The highest BCUT2D eigenvalue weighted by Gasteiger charge is 2.19. The number of hydrogen-bond donors (Lipinski definition) is 0. The molecular weight excluding hydrogens is 263 g/mol. The minimum atomic E-state index is -0.463. The average molecular weight is 280 g/mol. The zero-order chi connectivity index (χ0) is 14.4. The summed E-state index contributed by atoms with van der Waals surface area (Å²) in [5.41, 5.74) is 1.12. The van der Waals surface area contributed by atoms with E-state index < -0.39 is 5.82 Å². The molecule has 20 heavy (non-hydrogen) atoms. The highest BCUT2D eigenvalue weighted by molar-refractivity contribution is 5.64. The monoisotopic (exact) mass is 280 g/mol. The van der Waals surface area contributed by atoms with Crippen molar-refractivity contribution in [3.8, 4) is 6.01 Å². The minimum Gasteiger partial charge on any atom is -0.436 e. The van der Waals surface area contributed by atoms with Gasteiger partial charge in [-0.3, -0.25) is 0 Å². The summed E-state index contributed by atoms with van der Waals surface area (Å²) in [6.45, 7) is 0.0194. The molecule has 0 fully saturated rings. The number of ether oxygens (including phenoxy) is 2. The molecule has 0 saturated heterocycles. The molecule has 6 heteroatoms. The molecule has 1 aliphatic carbocycles. The third-order valence-corrected chi connectivity index (χ3v) is 3.28. The molecule has 0 bridgehead atoms. The summed E-state index contributed by atoms with van der Waals surface area (Å²) in [5.74, 6) is -0.111. The van der Waals surface area contributed by atoms with Gasteiger partial charge >= 0.3 is 6.01 Å². The summed E-state index contributed by atoms with van der Waals surface area (Å²) in [7, 11) is 1.49. The fraction of sp³-hybridized carbons (Fsp3) is 0.500. The van der Waals surface area contributed by atoms with Crippen LogP contribution in [0.5, 0.6) is 6.01 Å². The van der Waals surface area contributed by atoms with Crippen molar-refractivity contribution < 1.29 is 18.7 Å². The maximum Gasteiger partial charge on any atom is 0.319 e. The number of hydrogen-bond acceptors (Lipinski definition) is 5. The fourth-order valence-electron chi connectivity index (χ4n) is 2.21. The summed E-state index contributed by atoms with van der Waals surface area (Å²) in [6, 6.07) is 0.0964. The van der Waals surface area contributed by atoms with Crippen LogP contribution in [0.25, 0.3) is 5.57 Å². The normalized spacial score (nSPS) is 18.5. The van der Waals surface area contributed by atoms with Gasteiger partial charge in [0, 0.05) is 13.5 Å². The Balaban J connectivity index is 2.13. The lowest BCUT2D eigenvalue weighted by atomic mass is 9.86. The first-order valence-corrected chi connectivity index (χ1v) is 6.52. The quantitative estimate of drug-likeness (QED) is 0.591. The van der Waals surface area contributed by atoms with E-state index in [1.54, 1.807) is 0 Å². The molecule has 5 nitrogen and oxygen atoms in total. The second kappa shape index (κ2) is 7.09. The fourth-order valence-corrected chi connectivity index (χ4v) is 2.21. The number of carbonyl (C=O) groups is 1. The van der Waals surface area contributed by atoms with Gasteiger partial charge in [-0.25, -0.2) is 9.37 Å². The van der Waals surface area contributed by atoms with E-state index in [2.05, 4.69) is 9.97 Å². The Labute approximate surface area is 116 Å². The number of methoxy groups -OCH3 is 1. The first-order valence-electron chi connectivity index (χ1n) is 6.52. The summed E-state index contributed by atoms with van der Waals surface area (Å²) in [5, 5.41) is 0. The molecule has 0 saturated carbocycles. The van der Waals surface area contributed by atoms with Crippen molar-refractivity contribution in [3.63, 3.8) is 0 Å². The molecule has 2 rings (SSSR count). The van der Waals surface area contributed by atoms with Crippen molar-refractivity contribution in [3.05, 3.63) is 23.8 Å². The van der Waals surface area contributed by atoms with Gasteiger partial charge in [-0.05, 0) is 30.8 Å². The van der Waals surface area contributed by atoms with Crippen LogP contribution in [-0.4, -0.2) is 30.2 Å². The lowest BCUT2D eigenvalue weighted by molar-refractivity contribution is -0.108. The number of nitrogens with zero attached hydrogens (tertiary/aromatic N) is 2. The molecule has 0 spiro atoms. The van der Waals surface area contributed by atoms with E-state index in [0.717, 1.165) is 30.9 Å². The Kier molecular flexibility index (Phi) is 5.17. The SMILES string of the molecule is COCOc1ncc(F)c(C2=CCC(CC=O)CC2)n1. The Morgan fingerprint density at radius 1 is 1.55 bits per heavy atom. The lowest BCUT2D eigenvalue weighted by Crippen LogP contribution is -2.09. The van der Waals surface area contributed by atoms with E-state index in [1.165, 1.54) is 7.11 Å². The smallest absolute Gasteiger partial charge is 0.319 e. The van der Waals surface area contributed by atoms with Crippen LogP contribution >= 0.6 is 0 Å². The maximum absolute atomic E-state index is 13.8. The molecule has 1 aliphatic rings. The summed E-state index contributed by atoms with van der Waals surface area (Å²) in [4.78, 5) is 18.3. The molecule has 1 atom stereocenters. The number of carbonyl (C=O) groups excluding carboxylic acids is 1. The van der Waals surface area contributed by atoms with Crippen molar-refractivity contribution in [1.29, 1.82) is 0 Å². The molecule has 0 amide bonds. The predicted octanol–water partition coefficient (Wildman–Crippen LogP) is 2.37. The van der Waals surface area contributed by atoms with Crippen LogP contribution in [0, 0.1) is 11.7 Å². The average Bonchev–Trinajstić information content (AvgIpc) is 2.48. The van der Waals surface area contributed by atoms with E-state index in [9.17, 15) is 9.18 Å². The van der Waals surface area contributed by atoms with Gasteiger partial charge in [-0.2, -0.15) is 4.98 Å². The van der Waals surface area contributed by atoms with Crippen LogP contribution < -0.4 is 4.74 Å². The van der Waals surface area contributed by atoms with E-state index >= 15 is 0 Å². The van der Waals surface area contributed by atoms with E-state index in [-0.39, 0.29) is 18.5 Å². The van der Waals surface area contributed by atoms with Crippen molar-refractivity contribution in [2.45, 2.75) is 25.7 Å². The number of allylic oxidation sites excluding steroid dienone is 2. The maximum atomic E-state index is 13.8. The van der Waals surface area contributed by atoms with Crippen molar-refractivity contribution in [2.24, 2.45) is 5.92 Å². The first-order chi connectivity index (χ1) is 9.74. The van der Waals surface area contributed by atoms with Crippen molar-refractivity contribution >= 4 is 11.9 Å². The number of aldehydes is 1. The Morgan fingerprint density at radius 3 is 3.05 bits per heavy atom. The van der Waals surface area contributed by atoms with Gasteiger partial charge in [0.25, 0.3) is 0 Å². The molecule has 0 aromatic carbocycles. The highest BCUT2D eigenvalue weighted by Crippen LogP contribution is 2.31. The van der Waals surface area contributed by atoms with Crippen LogP contribution in [0.2, 0.25) is 0 Å². The van der Waals surface area contributed by atoms with Crippen molar-refractivity contribution in [2.75, 3.05) is 13.9 Å². The molecule has 108 valence electrons. The molecule has 1 aromatic rings. The van der Waals surface area contributed by atoms with Gasteiger partial charge < -0.3 is 14.3 Å². The van der Waals surface area contributed by atoms with E-state index in [0.29, 0.717) is 18.8 Å². The van der Waals surface area contributed by atoms with Gasteiger partial charge in [-0.1, -0.05) is 6.08 Å². The van der Waals surface area contributed by atoms with Crippen LogP contribution in [0.4, 0.5) is 4.39 Å². The standard InChI is InChI=1S/C14H17FN2O3/c1-19-9-20-14-16-8-12(15)13(17-14)11-4-2-10(3-5-11)6-7-18/h4,7-8,10H,2-3,5-6,9H2,1H3. The second-order valence-electron chi connectivity index (χ2n) is 4.67. The third kappa shape index (κ3) is 3.60. The zero-order valence-corrected chi connectivity index (χ0v) is 11.3. The van der Waals surface area contributed by atoms with Gasteiger partial charge in [-0.15, -0.1) is 0 Å². The topological polar surface area (TPSA) is 61.3 Å². The van der Waals surface area contributed by atoms with Crippen LogP contribution in [0.1, 0.15) is 31.4 Å². The molecule has 1 aromatic heterocycles. The summed E-state index contributed by atoms with van der Waals surface area (Å²) in [6.07, 6.45) is 6.88. The van der Waals surface area contributed by atoms with Gasteiger partial charge in [0.2, 0.25) is 0 Å². The van der Waals surface area contributed by atoms with Crippen molar-refractivity contribution in [1.82, 2.24) is 9.97 Å². The Bertz CT molecular complexity index is 505. The highest BCUT2D eigenvalue weighted by atomic mass is 19.1. The minimum absolute atomic E-state index is 0.0194. The van der Waals surface area contributed by atoms with Gasteiger partial charge in [0.15, 0.2) is 12.6 Å². The molecule has 1 heterocycles. The Hall–Kier alpha value is -1.82. The zero-order valence-electron chi connectivity index (χ0n) is 11.3. The summed E-state index contributed by atoms with van der Waals surface area (Å²) >= 11 is 0. The molecule has 1 unspecified atom stereocenters. The third-order valence-electron chi connectivity index (χ3n) is 3.28. The molecule has 0 radical (unpaired) electrons. The molecular formula is C14H17FN2O3. The van der Waals surface area contributed by atoms with E-state index in [1.807, 2.05) is 6.08 Å². The number of halogens is 1. The first kappa shape index (κ1) is 14.6. The van der Waals surface area contributed by atoms with Gasteiger partial charge in [0.05, 0.1) is 6.20 Å². The van der Waals surface area contributed by atoms with Crippen LogP contribution in [0.15, 0.2) is 12.3 Å². The molecule has 0 N–H and O–H groups in total. The second-order valence-corrected chi connectivity index (χ2v) is 4.67. The van der Waals surface area contributed by atoms with E-state index in [4.69, 9.17) is 9.47 Å². The number of rotatable bonds is 6. The Morgan fingerprint density at radius 2 is 2.40 bits per heavy atom. The molecule has 0 aliphatic heterocycles. The largest absolute Gasteiger partial charge is 0.436 e. The summed E-state index contributed by atoms with van der Waals surface area (Å²) < 4.78 is 23.7.